The standard InChI is InChI=1S/C20H20ClFN4O3/c21-19-16-12(22)8-26(20(16)25-9-24-19)13-6-15(18(28)17(13)27)29-14-3-1-2-10-4-5-23-7-11(10)14/h1-3,8-9,13,15,17-18,23,27-28H,4-7H2/t13-,15+,17+,18-/m1/s1. The Kier molecular flexibility index (Phi) is 4.66. The highest BCUT2D eigenvalue weighted by atomic mass is 35.5. The zero-order valence-electron chi connectivity index (χ0n) is 15.4. The van der Waals surface area contributed by atoms with Gasteiger partial charge in [-0.15, -0.1) is 0 Å². The lowest BCUT2D eigenvalue weighted by atomic mass is 10.0. The Morgan fingerprint density at radius 2 is 2.10 bits per heavy atom. The number of aliphatic hydroxyl groups excluding tert-OH is 2. The molecule has 3 N–H and O–H groups in total. The lowest BCUT2D eigenvalue weighted by molar-refractivity contribution is -0.0166. The molecule has 1 aliphatic heterocycles. The van der Waals surface area contributed by atoms with Gasteiger partial charge in [-0.05, 0) is 24.6 Å². The van der Waals surface area contributed by atoms with E-state index in [0.717, 1.165) is 18.5 Å². The fraction of sp³-hybridized carbons (Fsp3) is 0.400. The Morgan fingerprint density at radius 3 is 2.97 bits per heavy atom. The van der Waals surface area contributed by atoms with E-state index in [1.807, 2.05) is 12.1 Å². The minimum Gasteiger partial charge on any atom is -0.487 e. The molecule has 152 valence electrons. The van der Waals surface area contributed by atoms with E-state index in [9.17, 15) is 14.6 Å². The van der Waals surface area contributed by atoms with Gasteiger partial charge in [-0.25, -0.2) is 14.4 Å². The number of ether oxygens (including phenoxy) is 1. The van der Waals surface area contributed by atoms with Gasteiger partial charge in [0, 0.05) is 24.7 Å². The summed E-state index contributed by atoms with van der Waals surface area (Å²) >= 11 is 6.00. The van der Waals surface area contributed by atoms with Crippen molar-refractivity contribution in [2.24, 2.45) is 0 Å². The molecular formula is C20H20ClFN4O3. The summed E-state index contributed by atoms with van der Waals surface area (Å²) < 4.78 is 22.1. The molecule has 7 nitrogen and oxygen atoms in total. The maximum Gasteiger partial charge on any atom is 0.153 e. The van der Waals surface area contributed by atoms with Gasteiger partial charge in [-0.2, -0.15) is 0 Å². The molecule has 9 heteroatoms. The Labute approximate surface area is 171 Å². The smallest absolute Gasteiger partial charge is 0.153 e. The first-order chi connectivity index (χ1) is 14.0. The van der Waals surface area contributed by atoms with Crippen LogP contribution in [0.1, 0.15) is 23.6 Å². The topological polar surface area (TPSA) is 92.4 Å². The summed E-state index contributed by atoms with van der Waals surface area (Å²) in [6.45, 7) is 1.61. The maximum atomic E-state index is 14.4. The summed E-state index contributed by atoms with van der Waals surface area (Å²) in [4.78, 5) is 7.93. The minimum atomic E-state index is -1.14. The predicted octanol–water partition coefficient (Wildman–Crippen LogP) is 1.98. The molecule has 1 aromatic carbocycles. The number of rotatable bonds is 3. The Bertz CT molecular complexity index is 1080. The van der Waals surface area contributed by atoms with Gasteiger partial charge in [-0.3, -0.25) is 0 Å². The molecule has 3 heterocycles. The van der Waals surface area contributed by atoms with Gasteiger partial charge in [0.15, 0.2) is 5.82 Å². The SMILES string of the molecule is O[C@@H]1[C@H](O)[C@@H](Oc2cccc3c2CNCC3)C[C@H]1n1cc(F)c2c(Cl)ncnc21. The third-order valence-electron chi connectivity index (χ3n) is 5.85. The third-order valence-corrected chi connectivity index (χ3v) is 6.14. The zero-order chi connectivity index (χ0) is 20.1. The Morgan fingerprint density at radius 1 is 1.24 bits per heavy atom. The number of nitrogens with one attached hydrogen (secondary N) is 1. The number of hydrogen-bond donors (Lipinski definition) is 3. The second kappa shape index (κ2) is 7.21. The fourth-order valence-corrected chi connectivity index (χ4v) is 4.59. The van der Waals surface area contributed by atoms with Crippen molar-refractivity contribution in [3.05, 3.63) is 52.8 Å². The van der Waals surface area contributed by atoms with E-state index in [4.69, 9.17) is 16.3 Å². The van der Waals surface area contributed by atoms with Crippen LogP contribution in [0.2, 0.25) is 5.15 Å². The van der Waals surface area contributed by atoms with E-state index in [0.29, 0.717) is 18.7 Å². The van der Waals surface area contributed by atoms with Crippen molar-refractivity contribution in [2.45, 2.75) is 43.7 Å². The number of aromatic nitrogens is 3. The molecule has 2 aliphatic rings. The van der Waals surface area contributed by atoms with Crippen LogP contribution >= 0.6 is 11.6 Å². The second-order valence-electron chi connectivity index (χ2n) is 7.51. The van der Waals surface area contributed by atoms with Crippen molar-refractivity contribution >= 4 is 22.6 Å². The van der Waals surface area contributed by atoms with Crippen LogP contribution in [0.4, 0.5) is 4.39 Å². The molecule has 29 heavy (non-hydrogen) atoms. The average molecular weight is 419 g/mol. The molecular weight excluding hydrogens is 399 g/mol. The maximum absolute atomic E-state index is 14.4. The van der Waals surface area contributed by atoms with Crippen LogP contribution in [0.5, 0.6) is 5.75 Å². The quantitative estimate of drug-likeness (QED) is 0.563. The molecule has 1 fully saturated rings. The van der Waals surface area contributed by atoms with E-state index >= 15 is 0 Å². The van der Waals surface area contributed by atoms with Crippen LogP contribution in [0, 0.1) is 5.82 Å². The molecule has 0 unspecified atom stereocenters. The summed E-state index contributed by atoms with van der Waals surface area (Å²) in [5.41, 5.74) is 2.57. The summed E-state index contributed by atoms with van der Waals surface area (Å²) in [7, 11) is 0. The number of aliphatic hydroxyl groups is 2. The van der Waals surface area contributed by atoms with Crippen molar-refractivity contribution in [1.82, 2.24) is 19.9 Å². The van der Waals surface area contributed by atoms with Crippen molar-refractivity contribution in [2.75, 3.05) is 6.54 Å². The molecule has 0 saturated heterocycles. The number of halogens is 2. The van der Waals surface area contributed by atoms with Crippen molar-refractivity contribution < 1.29 is 19.3 Å². The highest BCUT2D eigenvalue weighted by molar-refractivity contribution is 6.34. The second-order valence-corrected chi connectivity index (χ2v) is 7.87. The largest absolute Gasteiger partial charge is 0.487 e. The van der Waals surface area contributed by atoms with E-state index in [1.165, 1.54) is 22.7 Å². The molecule has 3 aromatic rings. The van der Waals surface area contributed by atoms with Gasteiger partial charge in [0.1, 0.15) is 41.2 Å². The van der Waals surface area contributed by atoms with Crippen LogP contribution in [0.3, 0.4) is 0 Å². The lowest BCUT2D eigenvalue weighted by Gasteiger charge is -2.24. The average Bonchev–Trinajstić information content (AvgIpc) is 3.20. The minimum absolute atomic E-state index is 0.00972. The van der Waals surface area contributed by atoms with E-state index in [-0.39, 0.29) is 16.2 Å². The van der Waals surface area contributed by atoms with Crippen molar-refractivity contribution in [1.29, 1.82) is 0 Å². The van der Waals surface area contributed by atoms with Crippen LogP contribution in [0.25, 0.3) is 11.0 Å². The molecule has 2 aromatic heterocycles. The van der Waals surface area contributed by atoms with Gasteiger partial charge >= 0.3 is 0 Å². The van der Waals surface area contributed by atoms with Crippen molar-refractivity contribution in [3.63, 3.8) is 0 Å². The van der Waals surface area contributed by atoms with Crippen LogP contribution in [0.15, 0.2) is 30.7 Å². The zero-order valence-corrected chi connectivity index (χ0v) is 16.2. The van der Waals surface area contributed by atoms with E-state index in [2.05, 4.69) is 21.4 Å². The fourth-order valence-electron chi connectivity index (χ4n) is 4.37. The molecule has 5 rings (SSSR count). The molecule has 1 aliphatic carbocycles. The molecule has 0 amide bonds. The van der Waals surface area contributed by atoms with E-state index in [1.54, 1.807) is 0 Å². The van der Waals surface area contributed by atoms with E-state index < -0.39 is 30.2 Å². The molecule has 4 atom stereocenters. The monoisotopic (exact) mass is 418 g/mol. The Hall–Kier alpha value is -2.26. The summed E-state index contributed by atoms with van der Waals surface area (Å²) in [5, 5.41) is 24.7. The molecule has 1 saturated carbocycles. The predicted molar refractivity (Wildman–Crippen MR) is 104 cm³/mol. The van der Waals surface area contributed by atoms with Crippen LogP contribution in [-0.2, 0) is 13.0 Å². The van der Waals surface area contributed by atoms with Gasteiger partial charge in [0.2, 0.25) is 0 Å². The van der Waals surface area contributed by atoms with Crippen LogP contribution in [-0.4, -0.2) is 49.6 Å². The molecule has 0 bridgehead atoms. The van der Waals surface area contributed by atoms with Crippen LogP contribution < -0.4 is 10.1 Å². The number of nitrogens with zero attached hydrogens (tertiary/aromatic N) is 3. The molecule has 0 spiro atoms. The third kappa shape index (κ3) is 3.07. The first-order valence-corrected chi connectivity index (χ1v) is 9.93. The summed E-state index contributed by atoms with van der Waals surface area (Å²) in [6, 6.07) is 5.27. The van der Waals surface area contributed by atoms with Crippen molar-refractivity contribution in [3.8, 4) is 5.75 Å². The first kappa shape index (κ1) is 18.7. The number of fused-ring (bicyclic) bond motifs is 2. The molecule has 0 radical (unpaired) electrons. The van der Waals surface area contributed by atoms with Gasteiger partial charge in [-0.1, -0.05) is 23.7 Å². The lowest BCUT2D eigenvalue weighted by Crippen LogP contribution is -2.34. The van der Waals surface area contributed by atoms with Gasteiger partial charge in [0.05, 0.1) is 11.4 Å². The summed E-state index contributed by atoms with van der Waals surface area (Å²) in [6.07, 6.45) is 0.801. The number of benzene rings is 1. The van der Waals surface area contributed by atoms with Gasteiger partial charge in [0.25, 0.3) is 0 Å². The summed E-state index contributed by atoms with van der Waals surface area (Å²) in [5.74, 6) is 0.125. The number of hydrogen-bond acceptors (Lipinski definition) is 6. The first-order valence-electron chi connectivity index (χ1n) is 9.55. The normalized spacial score (nSPS) is 26.6. The highest BCUT2D eigenvalue weighted by Gasteiger charge is 2.45. The highest BCUT2D eigenvalue weighted by Crippen LogP contribution is 2.38. The van der Waals surface area contributed by atoms with Gasteiger partial charge < -0.3 is 24.8 Å². The Balaban J connectivity index is 1.46.